The van der Waals surface area contributed by atoms with Gasteiger partial charge in [-0.05, 0) is 48.7 Å². The summed E-state index contributed by atoms with van der Waals surface area (Å²) in [7, 11) is 0. The minimum Gasteiger partial charge on any atom is -0.370 e. The smallest absolute Gasteiger partial charge is 0.244 e. The number of hydrogen-bond acceptors (Lipinski definition) is 2. The lowest BCUT2D eigenvalue weighted by Crippen LogP contribution is -2.27. The average Bonchev–Trinajstić information content (AvgIpc) is 2.39. The summed E-state index contributed by atoms with van der Waals surface area (Å²) in [5.74, 6) is -0.395. The van der Waals surface area contributed by atoms with Gasteiger partial charge in [-0.3, -0.25) is 4.79 Å². The molecule has 104 valence electrons. The van der Waals surface area contributed by atoms with Crippen LogP contribution in [0.15, 0.2) is 46.9 Å². The van der Waals surface area contributed by atoms with Crippen LogP contribution in [0.5, 0.6) is 0 Å². The van der Waals surface area contributed by atoms with Crippen molar-refractivity contribution in [1.29, 1.82) is 0 Å². The molecule has 0 bridgehead atoms. The number of benzene rings is 2. The number of nitrogens with two attached hydrogens (primary N) is 1. The molecular weight excluding hydrogens is 316 g/mol. The molecule has 20 heavy (non-hydrogen) atoms. The van der Waals surface area contributed by atoms with Crippen molar-refractivity contribution in [2.45, 2.75) is 19.9 Å². The Kier molecular flexibility index (Phi) is 4.45. The summed E-state index contributed by atoms with van der Waals surface area (Å²) in [5, 5.41) is 3.19. The number of amides is 1. The van der Waals surface area contributed by atoms with Crippen LogP contribution in [0, 0.1) is 13.8 Å². The fourth-order valence-electron chi connectivity index (χ4n) is 2.07. The second kappa shape index (κ2) is 6.09. The summed E-state index contributed by atoms with van der Waals surface area (Å²) >= 11 is 3.46. The van der Waals surface area contributed by atoms with Crippen LogP contribution in [0.3, 0.4) is 0 Å². The van der Waals surface area contributed by atoms with Crippen molar-refractivity contribution >= 4 is 27.5 Å². The molecular formula is C16H17BrN2O. The Morgan fingerprint density at radius 1 is 1.20 bits per heavy atom. The van der Waals surface area contributed by atoms with E-state index < -0.39 is 11.9 Å². The number of halogens is 1. The molecule has 0 saturated carbocycles. The van der Waals surface area contributed by atoms with E-state index in [4.69, 9.17) is 5.73 Å². The minimum absolute atomic E-state index is 0.395. The van der Waals surface area contributed by atoms with Gasteiger partial charge in [-0.15, -0.1) is 0 Å². The highest BCUT2D eigenvalue weighted by Gasteiger charge is 2.18. The molecule has 0 saturated heterocycles. The summed E-state index contributed by atoms with van der Waals surface area (Å²) in [4.78, 5) is 11.7. The quantitative estimate of drug-likeness (QED) is 0.896. The summed E-state index contributed by atoms with van der Waals surface area (Å²) in [6.07, 6.45) is 0. The van der Waals surface area contributed by atoms with Gasteiger partial charge in [0.05, 0.1) is 0 Å². The molecule has 3 N–H and O–H groups in total. The second-order valence-electron chi connectivity index (χ2n) is 4.86. The van der Waals surface area contributed by atoms with Crippen LogP contribution in [-0.2, 0) is 4.79 Å². The lowest BCUT2D eigenvalue weighted by atomic mass is 10.0. The van der Waals surface area contributed by atoms with Gasteiger partial charge in [-0.2, -0.15) is 0 Å². The third-order valence-corrected chi connectivity index (χ3v) is 4.02. The Morgan fingerprint density at radius 2 is 1.95 bits per heavy atom. The van der Waals surface area contributed by atoms with E-state index in [9.17, 15) is 4.79 Å². The SMILES string of the molecule is Cc1cccc(NC(C(N)=O)c2ccc(Br)c(C)c2)c1. The van der Waals surface area contributed by atoms with Gasteiger partial charge in [-0.25, -0.2) is 0 Å². The molecule has 0 aliphatic rings. The van der Waals surface area contributed by atoms with E-state index in [0.717, 1.165) is 26.9 Å². The van der Waals surface area contributed by atoms with Crippen molar-refractivity contribution in [1.82, 2.24) is 0 Å². The van der Waals surface area contributed by atoms with Gasteiger partial charge in [0.1, 0.15) is 6.04 Å². The Balaban J connectivity index is 2.32. The Hall–Kier alpha value is -1.81. The van der Waals surface area contributed by atoms with Crippen molar-refractivity contribution < 1.29 is 4.79 Å². The van der Waals surface area contributed by atoms with Gasteiger partial charge in [0, 0.05) is 10.2 Å². The summed E-state index contributed by atoms with van der Waals surface area (Å²) in [6, 6.07) is 13.1. The molecule has 2 rings (SSSR count). The standard InChI is InChI=1S/C16H17BrN2O/c1-10-4-3-5-13(8-10)19-15(16(18)20)12-6-7-14(17)11(2)9-12/h3-9,15,19H,1-2H3,(H2,18,20). The number of carbonyl (C=O) groups excluding carboxylic acids is 1. The van der Waals surface area contributed by atoms with Gasteiger partial charge in [0.15, 0.2) is 0 Å². The molecule has 1 unspecified atom stereocenters. The number of primary amides is 1. The van der Waals surface area contributed by atoms with Gasteiger partial charge in [0.2, 0.25) is 5.91 Å². The molecule has 0 heterocycles. The molecule has 0 fully saturated rings. The molecule has 0 spiro atoms. The normalized spacial score (nSPS) is 11.9. The highest BCUT2D eigenvalue weighted by molar-refractivity contribution is 9.10. The Bertz CT molecular complexity index is 640. The molecule has 0 aliphatic carbocycles. The third-order valence-electron chi connectivity index (χ3n) is 3.13. The fraction of sp³-hybridized carbons (Fsp3) is 0.188. The lowest BCUT2D eigenvalue weighted by Gasteiger charge is -2.18. The van der Waals surface area contributed by atoms with E-state index in [1.54, 1.807) is 0 Å². The highest BCUT2D eigenvalue weighted by atomic mass is 79.9. The van der Waals surface area contributed by atoms with Gasteiger partial charge < -0.3 is 11.1 Å². The van der Waals surface area contributed by atoms with Crippen molar-refractivity contribution in [3.8, 4) is 0 Å². The van der Waals surface area contributed by atoms with E-state index in [1.165, 1.54) is 0 Å². The maximum Gasteiger partial charge on any atom is 0.244 e. The molecule has 2 aromatic carbocycles. The largest absolute Gasteiger partial charge is 0.370 e. The Labute approximate surface area is 127 Å². The molecule has 1 amide bonds. The molecule has 3 nitrogen and oxygen atoms in total. The van der Waals surface area contributed by atoms with Gasteiger partial charge >= 0.3 is 0 Å². The van der Waals surface area contributed by atoms with Gasteiger partial charge in [0.25, 0.3) is 0 Å². The van der Waals surface area contributed by atoms with E-state index in [1.807, 2.05) is 56.3 Å². The third kappa shape index (κ3) is 3.39. The summed E-state index contributed by atoms with van der Waals surface area (Å²) in [5.41, 5.74) is 9.47. The first-order valence-corrected chi connectivity index (χ1v) is 7.15. The van der Waals surface area contributed by atoms with Crippen LogP contribution in [-0.4, -0.2) is 5.91 Å². The summed E-state index contributed by atoms with van der Waals surface area (Å²) in [6.45, 7) is 3.99. The van der Waals surface area contributed by atoms with E-state index in [2.05, 4.69) is 21.2 Å². The fourth-order valence-corrected chi connectivity index (χ4v) is 2.31. The number of aryl methyl sites for hydroxylation is 2. The van der Waals surface area contributed by atoms with Crippen LogP contribution < -0.4 is 11.1 Å². The van der Waals surface area contributed by atoms with Crippen LogP contribution in [0.1, 0.15) is 22.7 Å². The predicted octanol–water partition coefficient (Wildman–Crippen LogP) is 3.70. The number of nitrogens with one attached hydrogen (secondary N) is 1. The maximum atomic E-state index is 11.7. The molecule has 0 aliphatic heterocycles. The molecule has 0 radical (unpaired) electrons. The predicted molar refractivity (Wildman–Crippen MR) is 85.6 cm³/mol. The zero-order valence-electron chi connectivity index (χ0n) is 11.5. The topological polar surface area (TPSA) is 55.1 Å². The first-order valence-electron chi connectivity index (χ1n) is 6.36. The van der Waals surface area contributed by atoms with Crippen molar-refractivity contribution in [2.24, 2.45) is 5.73 Å². The molecule has 4 heteroatoms. The Morgan fingerprint density at radius 3 is 2.55 bits per heavy atom. The number of hydrogen-bond donors (Lipinski definition) is 2. The van der Waals surface area contributed by atoms with Crippen molar-refractivity contribution in [2.75, 3.05) is 5.32 Å². The molecule has 1 atom stereocenters. The molecule has 2 aromatic rings. The molecule has 0 aromatic heterocycles. The minimum atomic E-state index is -0.538. The zero-order chi connectivity index (χ0) is 14.7. The lowest BCUT2D eigenvalue weighted by molar-refractivity contribution is -0.118. The van der Waals surface area contributed by atoms with E-state index >= 15 is 0 Å². The van der Waals surface area contributed by atoms with Crippen LogP contribution in [0.4, 0.5) is 5.69 Å². The number of anilines is 1. The first-order chi connectivity index (χ1) is 9.47. The van der Waals surface area contributed by atoms with Crippen molar-refractivity contribution in [3.63, 3.8) is 0 Å². The maximum absolute atomic E-state index is 11.7. The monoisotopic (exact) mass is 332 g/mol. The first kappa shape index (κ1) is 14.6. The average molecular weight is 333 g/mol. The van der Waals surface area contributed by atoms with Crippen LogP contribution in [0.2, 0.25) is 0 Å². The van der Waals surface area contributed by atoms with Gasteiger partial charge in [-0.1, -0.05) is 40.2 Å². The zero-order valence-corrected chi connectivity index (χ0v) is 13.1. The summed E-state index contributed by atoms with van der Waals surface area (Å²) < 4.78 is 1.01. The number of carbonyl (C=O) groups is 1. The van der Waals surface area contributed by atoms with E-state index in [-0.39, 0.29) is 0 Å². The second-order valence-corrected chi connectivity index (χ2v) is 5.71. The van der Waals surface area contributed by atoms with E-state index in [0.29, 0.717) is 0 Å². The highest BCUT2D eigenvalue weighted by Crippen LogP contribution is 2.24. The number of rotatable bonds is 4. The van der Waals surface area contributed by atoms with Crippen LogP contribution in [0.25, 0.3) is 0 Å². The van der Waals surface area contributed by atoms with Crippen molar-refractivity contribution in [3.05, 3.63) is 63.6 Å². The van der Waals surface area contributed by atoms with Crippen LogP contribution >= 0.6 is 15.9 Å².